The molecule has 2 nitrogen and oxygen atoms in total. The molecule has 0 saturated heterocycles. The molecule has 2 unspecified atom stereocenters. The van der Waals surface area contributed by atoms with Gasteiger partial charge in [0.15, 0.2) is 5.69 Å². The first-order chi connectivity index (χ1) is 9.91. The first-order valence-corrected chi connectivity index (χ1v) is 8.51. The molecule has 0 aliphatic heterocycles. The molecule has 1 heterocycles. The van der Waals surface area contributed by atoms with Gasteiger partial charge in [0.2, 0.25) is 0 Å². The van der Waals surface area contributed by atoms with Gasteiger partial charge in [0.05, 0.1) is 9.88 Å². The minimum Gasteiger partial charge on any atom is -0.312 e. The summed E-state index contributed by atoms with van der Waals surface area (Å²) in [6.07, 6.45) is 0.768. The van der Waals surface area contributed by atoms with Crippen molar-refractivity contribution in [1.29, 1.82) is 0 Å². The summed E-state index contributed by atoms with van der Waals surface area (Å²) in [7, 11) is 0. The Kier molecular flexibility index (Phi) is 5.66. The second-order valence-corrected chi connectivity index (χ2v) is 7.08. The van der Waals surface area contributed by atoms with Crippen LogP contribution in [-0.4, -0.2) is 11.5 Å². The van der Waals surface area contributed by atoms with E-state index in [9.17, 15) is 13.2 Å². The molecule has 1 aromatic heterocycles. The molecule has 120 valence electrons. The molecule has 1 aromatic rings. The third kappa shape index (κ3) is 4.42. The van der Waals surface area contributed by atoms with Crippen molar-refractivity contribution in [2.75, 3.05) is 6.54 Å². The Morgan fingerprint density at radius 2 is 2.10 bits per heavy atom. The largest absolute Gasteiger partial charge is 0.434 e. The van der Waals surface area contributed by atoms with E-state index in [0.717, 1.165) is 32.2 Å². The molecule has 1 aliphatic rings. The third-order valence-electron chi connectivity index (χ3n) is 3.98. The molecule has 1 N–H and O–H groups in total. The quantitative estimate of drug-likeness (QED) is 0.776. The highest BCUT2D eigenvalue weighted by Crippen LogP contribution is 2.41. The van der Waals surface area contributed by atoms with E-state index >= 15 is 0 Å². The lowest BCUT2D eigenvalue weighted by Crippen LogP contribution is -2.17. The number of nitrogens with zero attached hydrogens (tertiary/aromatic N) is 1. The van der Waals surface area contributed by atoms with Crippen LogP contribution in [0, 0.1) is 5.92 Å². The van der Waals surface area contributed by atoms with Crippen molar-refractivity contribution in [2.45, 2.75) is 64.6 Å². The number of alkyl halides is 3. The van der Waals surface area contributed by atoms with E-state index < -0.39 is 11.9 Å². The van der Waals surface area contributed by atoms with E-state index in [0.29, 0.717) is 15.8 Å². The zero-order chi connectivity index (χ0) is 15.5. The Morgan fingerprint density at radius 3 is 2.71 bits per heavy atom. The topological polar surface area (TPSA) is 24.9 Å². The summed E-state index contributed by atoms with van der Waals surface area (Å²) in [5.74, 6) is 0.795. The molecule has 2 rings (SSSR count). The van der Waals surface area contributed by atoms with Gasteiger partial charge < -0.3 is 5.32 Å². The van der Waals surface area contributed by atoms with Crippen LogP contribution in [0.3, 0.4) is 0 Å². The van der Waals surface area contributed by atoms with Gasteiger partial charge in [-0.2, -0.15) is 13.2 Å². The normalized spacial score (nSPS) is 23.5. The maximum Gasteiger partial charge on any atom is 0.434 e. The maximum atomic E-state index is 13.1. The molecule has 0 radical (unpaired) electrons. The van der Waals surface area contributed by atoms with Crippen LogP contribution in [0.1, 0.15) is 67.4 Å². The number of hydrogen-bond acceptors (Lipinski definition) is 3. The van der Waals surface area contributed by atoms with Gasteiger partial charge >= 0.3 is 6.18 Å². The molecular weight excluding hydrogens is 297 g/mol. The Morgan fingerprint density at radius 1 is 1.33 bits per heavy atom. The van der Waals surface area contributed by atoms with Crippen LogP contribution in [0.5, 0.6) is 0 Å². The molecule has 6 heteroatoms. The lowest BCUT2D eigenvalue weighted by atomic mass is 9.83. The van der Waals surface area contributed by atoms with Crippen molar-refractivity contribution in [1.82, 2.24) is 10.3 Å². The van der Waals surface area contributed by atoms with Gasteiger partial charge in [0, 0.05) is 12.5 Å². The second-order valence-electron chi connectivity index (χ2n) is 5.97. The molecule has 0 bridgehead atoms. The van der Waals surface area contributed by atoms with Gasteiger partial charge in [-0.05, 0) is 31.7 Å². The number of hydrogen-bond donors (Lipinski definition) is 1. The van der Waals surface area contributed by atoms with Crippen molar-refractivity contribution in [2.24, 2.45) is 5.92 Å². The van der Waals surface area contributed by atoms with Gasteiger partial charge in [-0.3, -0.25) is 0 Å². The van der Waals surface area contributed by atoms with Gasteiger partial charge in [0.25, 0.3) is 0 Å². The van der Waals surface area contributed by atoms with Crippen LogP contribution in [0.2, 0.25) is 0 Å². The van der Waals surface area contributed by atoms with Crippen LogP contribution >= 0.6 is 11.3 Å². The molecule has 0 aromatic carbocycles. The molecular formula is C15H23F3N2S. The summed E-state index contributed by atoms with van der Waals surface area (Å²) in [6.45, 7) is 5.17. The van der Waals surface area contributed by atoms with E-state index in [1.807, 2.05) is 6.92 Å². The number of thiazole rings is 1. The standard InChI is InChI=1S/C15H23F3N2S/c1-3-7-19-9-12-13(15(16,17)18)20-14(21-12)11-6-4-5-10(2)8-11/h10-11,19H,3-9H2,1-2H3. The zero-order valence-electron chi connectivity index (χ0n) is 12.6. The average Bonchev–Trinajstić information content (AvgIpc) is 2.83. The van der Waals surface area contributed by atoms with E-state index in [2.05, 4.69) is 17.2 Å². The first kappa shape index (κ1) is 16.7. The van der Waals surface area contributed by atoms with E-state index in [-0.39, 0.29) is 12.5 Å². The Hall–Kier alpha value is -0.620. The molecule has 21 heavy (non-hydrogen) atoms. The number of aromatic nitrogens is 1. The highest BCUT2D eigenvalue weighted by Gasteiger charge is 2.38. The summed E-state index contributed by atoms with van der Waals surface area (Å²) >= 11 is 1.25. The number of rotatable bonds is 5. The molecule has 1 saturated carbocycles. The van der Waals surface area contributed by atoms with Crippen molar-refractivity contribution in [3.63, 3.8) is 0 Å². The minimum atomic E-state index is -4.35. The van der Waals surface area contributed by atoms with E-state index in [1.54, 1.807) is 0 Å². The summed E-state index contributed by atoms with van der Waals surface area (Å²) in [5, 5.41) is 3.74. The zero-order valence-corrected chi connectivity index (χ0v) is 13.4. The summed E-state index contributed by atoms with van der Waals surface area (Å²) in [5.41, 5.74) is -0.677. The van der Waals surface area contributed by atoms with Gasteiger partial charge in [-0.1, -0.05) is 26.7 Å². The molecule has 2 atom stereocenters. The predicted octanol–water partition coefficient (Wildman–Crippen LogP) is 4.96. The Balaban J connectivity index is 2.18. The van der Waals surface area contributed by atoms with E-state index in [4.69, 9.17) is 0 Å². The molecule has 0 spiro atoms. The number of halogens is 3. The first-order valence-electron chi connectivity index (χ1n) is 7.69. The average molecular weight is 320 g/mol. The van der Waals surface area contributed by atoms with Crippen LogP contribution in [0.25, 0.3) is 0 Å². The highest BCUT2D eigenvalue weighted by atomic mass is 32.1. The van der Waals surface area contributed by atoms with Crippen molar-refractivity contribution >= 4 is 11.3 Å². The van der Waals surface area contributed by atoms with Crippen molar-refractivity contribution in [3.05, 3.63) is 15.6 Å². The lowest BCUT2D eigenvalue weighted by Gasteiger charge is -2.24. The fourth-order valence-corrected chi connectivity index (χ4v) is 4.13. The Bertz CT molecular complexity index is 456. The predicted molar refractivity (Wildman–Crippen MR) is 79.5 cm³/mol. The van der Waals surface area contributed by atoms with Crippen molar-refractivity contribution in [3.8, 4) is 0 Å². The van der Waals surface area contributed by atoms with Gasteiger partial charge in [-0.15, -0.1) is 11.3 Å². The summed E-state index contributed by atoms with van der Waals surface area (Å²) in [4.78, 5) is 4.31. The molecule has 1 aliphatic carbocycles. The van der Waals surface area contributed by atoms with Gasteiger partial charge in [-0.25, -0.2) is 4.98 Å². The fraction of sp³-hybridized carbons (Fsp3) is 0.800. The summed E-state index contributed by atoms with van der Waals surface area (Å²) < 4.78 is 39.4. The van der Waals surface area contributed by atoms with Crippen LogP contribution in [0.15, 0.2) is 0 Å². The highest BCUT2D eigenvalue weighted by molar-refractivity contribution is 7.11. The summed E-state index contributed by atoms with van der Waals surface area (Å²) in [6, 6.07) is 0. The van der Waals surface area contributed by atoms with Crippen molar-refractivity contribution < 1.29 is 13.2 Å². The molecule has 1 fully saturated rings. The van der Waals surface area contributed by atoms with Crippen LogP contribution in [-0.2, 0) is 12.7 Å². The maximum absolute atomic E-state index is 13.1. The van der Waals surface area contributed by atoms with E-state index in [1.165, 1.54) is 17.8 Å². The minimum absolute atomic E-state index is 0.208. The van der Waals surface area contributed by atoms with Crippen LogP contribution in [0.4, 0.5) is 13.2 Å². The SMILES string of the molecule is CCCNCc1sc(C2CCCC(C)C2)nc1C(F)(F)F. The van der Waals surface area contributed by atoms with Crippen LogP contribution < -0.4 is 5.32 Å². The van der Waals surface area contributed by atoms with Gasteiger partial charge in [0.1, 0.15) is 0 Å². The fourth-order valence-electron chi connectivity index (χ4n) is 2.92. The number of nitrogens with one attached hydrogen (secondary N) is 1. The second kappa shape index (κ2) is 7.09. The smallest absolute Gasteiger partial charge is 0.312 e. The lowest BCUT2D eigenvalue weighted by molar-refractivity contribution is -0.141. The molecule has 0 amide bonds. The monoisotopic (exact) mass is 320 g/mol. The third-order valence-corrected chi connectivity index (χ3v) is 5.20. The Labute approximate surface area is 128 Å².